The quantitative estimate of drug-likeness (QED) is 0.0420. The van der Waals surface area contributed by atoms with E-state index < -0.39 is 12.1 Å². The Bertz CT molecular complexity index is 1330. The van der Waals surface area contributed by atoms with E-state index in [1.54, 1.807) is 6.08 Å². The second-order valence-corrected chi connectivity index (χ2v) is 20.0. The van der Waals surface area contributed by atoms with Gasteiger partial charge in [-0.1, -0.05) is 297 Å². The minimum absolute atomic E-state index is 0.0768. The fraction of sp³-hybridized carbons (Fsp3) is 0.712. The van der Waals surface area contributed by atoms with Gasteiger partial charge in [0.25, 0.3) is 0 Å². The maximum Gasteiger partial charge on any atom is 0.220 e. The number of amides is 1. The van der Waals surface area contributed by atoms with Crippen molar-refractivity contribution in [2.75, 3.05) is 6.61 Å². The van der Waals surface area contributed by atoms with Crippen LogP contribution in [0.3, 0.4) is 0 Å². The van der Waals surface area contributed by atoms with E-state index in [1.165, 1.54) is 186 Å². The third-order valence-electron chi connectivity index (χ3n) is 13.2. The monoisotopic (exact) mass is 970 g/mol. The number of carbonyl (C=O) groups excluding carboxylic acids is 1. The number of allylic oxidation sites excluding steroid dienone is 17. The van der Waals surface area contributed by atoms with Crippen molar-refractivity contribution < 1.29 is 15.0 Å². The highest BCUT2D eigenvalue weighted by atomic mass is 16.3. The zero-order valence-electron chi connectivity index (χ0n) is 46.3. The molecule has 0 fully saturated rings. The molecule has 0 saturated carbocycles. The Morgan fingerprint density at radius 2 is 0.643 bits per heavy atom. The Morgan fingerprint density at radius 3 is 1.00 bits per heavy atom. The predicted octanol–water partition coefficient (Wildman–Crippen LogP) is 20.3. The number of aliphatic hydroxyl groups excluding tert-OH is 2. The smallest absolute Gasteiger partial charge is 0.220 e. The first-order valence-corrected chi connectivity index (χ1v) is 30.1. The molecule has 0 rings (SSSR count). The van der Waals surface area contributed by atoms with Crippen molar-refractivity contribution >= 4 is 5.91 Å². The molecule has 4 nitrogen and oxygen atoms in total. The molecule has 1 amide bonds. The van der Waals surface area contributed by atoms with Gasteiger partial charge in [-0.3, -0.25) is 4.79 Å². The van der Waals surface area contributed by atoms with E-state index in [0.29, 0.717) is 6.42 Å². The predicted molar refractivity (Wildman–Crippen MR) is 313 cm³/mol. The van der Waals surface area contributed by atoms with Crippen molar-refractivity contribution in [3.05, 3.63) is 109 Å². The van der Waals surface area contributed by atoms with E-state index in [2.05, 4.69) is 116 Å². The molecule has 402 valence electrons. The fourth-order valence-corrected chi connectivity index (χ4v) is 8.71. The van der Waals surface area contributed by atoms with Gasteiger partial charge in [-0.05, 0) is 89.9 Å². The van der Waals surface area contributed by atoms with E-state index >= 15 is 0 Å². The zero-order chi connectivity index (χ0) is 50.6. The lowest BCUT2D eigenvalue weighted by Gasteiger charge is -2.19. The summed E-state index contributed by atoms with van der Waals surface area (Å²) in [6, 6.07) is -0.647. The number of nitrogens with one attached hydrogen (secondary N) is 1. The van der Waals surface area contributed by atoms with Crippen LogP contribution in [0.15, 0.2) is 109 Å². The van der Waals surface area contributed by atoms with Crippen LogP contribution >= 0.6 is 0 Å². The van der Waals surface area contributed by atoms with E-state index in [1.807, 2.05) is 6.08 Å². The van der Waals surface area contributed by atoms with E-state index in [4.69, 9.17) is 0 Å². The third kappa shape index (κ3) is 56.0. The summed E-state index contributed by atoms with van der Waals surface area (Å²) in [7, 11) is 0. The summed E-state index contributed by atoms with van der Waals surface area (Å²) in [5.41, 5.74) is 0. The Morgan fingerprint density at radius 1 is 0.357 bits per heavy atom. The first-order chi connectivity index (χ1) is 34.7. The van der Waals surface area contributed by atoms with Crippen molar-refractivity contribution in [2.45, 2.75) is 296 Å². The lowest BCUT2D eigenvalue weighted by molar-refractivity contribution is -0.123. The summed E-state index contributed by atoms with van der Waals surface area (Å²) in [5, 5.41) is 23.2. The summed E-state index contributed by atoms with van der Waals surface area (Å²) in [6.07, 6.45) is 91.2. The fourth-order valence-electron chi connectivity index (χ4n) is 8.71. The van der Waals surface area contributed by atoms with Crippen LogP contribution in [0, 0.1) is 0 Å². The van der Waals surface area contributed by atoms with E-state index in [0.717, 1.165) is 77.0 Å². The maximum absolute atomic E-state index is 12.5. The third-order valence-corrected chi connectivity index (χ3v) is 13.2. The molecular weight excluding hydrogens is 855 g/mol. The molecule has 0 spiro atoms. The Balaban J connectivity index is 3.57. The maximum atomic E-state index is 12.5. The van der Waals surface area contributed by atoms with Gasteiger partial charge in [0.2, 0.25) is 5.91 Å². The Labute approximate surface area is 436 Å². The van der Waals surface area contributed by atoms with Gasteiger partial charge in [-0.25, -0.2) is 0 Å². The van der Waals surface area contributed by atoms with Crippen LogP contribution in [0.2, 0.25) is 0 Å². The molecule has 0 radical (unpaired) electrons. The molecule has 0 aromatic rings. The van der Waals surface area contributed by atoms with Crippen molar-refractivity contribution in [3.63, 3.8) is 0 Å². The molecule has 0 saturated heterocycles. The number of aliphatic hydroxyl groups is 2. The molecule has 2 unspecified atom stereocenters. The summed E-state index contributed by atoms with van der Waals surface area (Å²) >= 11 is 0. The highest BCUT2D eigenvalue weighted by molar-refractivity contribution is 5.76. The van der Waals surface area contributed by atoms with Gasteiger partial charge in [0, 0.05) is 6.42 Å². The second-order valence-electron chi connectivity index (χ2n) is 20.0. The van der Waals surface area contributed by atoms with Crippen LogP contribution in [0.4, 0.5) is 0 Å². The first-order valence-electron chi connectivity index (χ1n) is 30.1. The minimum atomic E-state index is -0.870. The molecule has 0 aromatic carbocycles. The average Bonchev–Trinajstić information content (AvgIpc) is 3.36. The molecule has 0 heterocycles. The largest absolute Gasteiger partial charge is 0.394 e. The average molecular weight is 971 g/mol. The molecule has 0 aliphatic heterocycles. The van der Waals surface area contributed by atoms with Crippen molar-refractivity contribution in [3.8, 4) is 0 Å². The molecule has 70 heavy (non-hydrogen) atoms. The summed E-state index contributed by atoms with van der Waals surface area (Å²) in [6.45, 7) is 4.20. The number of unbranched alkanes of at least 4 members (excludes halogenated alkanes) is 31. The van der Waals surface area contributed by atoms with E-state index in [9.17, 15) is 15.0 Å². The van der Waals surface area contributed by atoms with E-state index in [-0.39, 0.29) is 12.5 Å². The topological polar surface area (TPSA) is 69.6 Å². The number of hydrogen-bond donors (Lipinski definition) is 3. The van der Waals surface area contributed by atoms with Gasteiger partial charge in [0.15, 0.2) is 0 Å². The number of hydrogen-bond acceptors (Lipinski definition) is 3. The molecule has 4 heteroatoms. The Kier molecular flexibility index (Phi) is 57.8. The van der Waals surface area contributed by atoms with Crippen molar-refractivity contribution in [2.24, 2.45) is 0 Å². The van der Waals surface area contributed by atoms with Crippen LogP contribution < -0.4 is 5.32 Å². The van der Waals surface area contributed by atoms with Crippen LogP contribution in [0.1, 0.15) is 284 Å². The standard InChI is InChI=1S/C66H115NO3/c1-3-5-7-9-11-13-15-17-19-21-23-25-27-28-29-30-31-32-33-34-35-36-37-38-40-42-44-46-48-50-52-54-56-58-60-62-66(70)67-64(63-68)65(69)61-59-57-55-53-51-49-47-45-43-41-39-26-24-22-20-18-16-14-12-10-8-6-4-2/h5,7,11,13,17,19,23,25,28-29,31-32,34-35,51,53,59,61,64-65,68-69H,3-4,6,8-10,12,14-16,18,20-22,24,26-27,30,33,36-50,52,54-58,60,62-63H2,1-2H3,(H,67,70)/b7-5-,13-11-,19-17-,25-23-,29-28-,32-31-,35-34-,53-51+,61-59+. The van der Waals surface area contributed by atoms with Gasteiger partial charge in [0.1, 0.15) is 0 Å². The van der Waals surface area contributed by atoms with Gasteiger partial charge >= 0.3 is 0 Å². The summed E-state index contributed by atoms with van der Waals surface area (Å²) in [5.74, 6) is -0.0768. The Hall–Kier alpha value is -2.95. The van der Waals surface area contributed by atoms with Crippen LogP contribution in [-0.2, 0) is 4.79 Å². The minimum Gasteiger partial charge on any atom is -0.394 e. The highest BCUT2D eigenvalue weighted by Crippen LogP contribution is 2.16. The lowest BCUT2D eigenvalue weighted by atomic mass is 10.0. The molecule has 0 aliphatic carbocycles. The summed E-state index contributed by atoms with van der Waals surface area (Å²) in [4.78, 5) is 12.5. The van der Waals surface area contributed by atoms with Crippen molar-refractivity contribution in [1.82, 2.24) is 5.32 Å². The normalized spacial score (nSPS) is 13.6. The van der Waals surface area contributed by atoms with Crippen molar-refractivity contribution in [1.29, 1.82) is 0 Å². The first kappa shape index (κ1) is 67.0. The number of carbonyl (C=O) groups is 1. The molecule has 0 aliphatic rings. The lowest BCUT2D eigenvalue weighted by Crippen LogP contribution is -2.45. The van der Waals surface area contributed by atoms with Crippen LogP contribution in [-0.4, -0.2) is 34.9 Å². The molecule has 3 N–H and O–H groups in total. The second kappa shape index (κ2) is 60.4. The van der Waals surface area contributed by atoms with Gasteiger partial charge < -0.3 is 15.5 Å². The number of rotatable bonds is 54. The zero-order valence-corrected chi connectivity index (χ0v) is 46.3. The van der Waals surface area contributed by atoms with Gasteiger partial charge in [0.05, 0.1) is 18.8 Å². The van der Waals surface area contributed by atoms with Crippen LogP contribution in [0.25, 0.3) is 0 Å². The molecule has 0 bridgehead atoms. The summed E-state index contributed by atoms with van der Waals surface area (Å²) < 4.78 is 0. The van der Waals surface area contributed by atoms with Gasteiger partial charge in [-0.15, -0.1) is 0 Å². The molecule has 2 atom stereocenters. The van der Waals surface area contributed by atoms with Crippen LogP contribution in [0.5, 0.6) is 0 Å². The molecular formula is C66H115NO3. The highest BCUT2D eigenvalue weighted by Gasteiger charge is 2.18. The van der Waals surface area contributed by atoms with Gasteiger partial charge in [-0.2, -0.15) is 0 Å². The SMILES string of the molecule is CC/C=C\C/C=C\C/C=C\C/C=C\C/C=C\C/C=C\C/C=C\CCCCCCCCCCCCCCCC(=O)NC(CO)C(O)/C=C/CC/C=C/CCCCCCCCCCCCCCCCCCC. The molecule has 0 aromatic heterocycles.